The fraction of sp³-hybridized carbons (Fsp3) is 0.625. The maximum Gasteiger partial charge on any atom is 0.161 e. The van der Waals surface area contributed by atoms with Gasteiger partial charge in [-0.15, -0.1) is 0 Å². The van der Waals surface area contributed by atoms with E-state index in [9.17, 15) is 5.11 Å². The van der Waals surface area contributed by atoms with Crippen LogP contribution in [0.15, 0.2) is 18.2 Å². The summed E-state index contributed by atoms with van der Waals surface area (Å²) >= 11 is 0. The third-order valence-corrected chi connectivity index (χ3v) is 3.45. The summed E-state index contributed by atoms with van der Waals surface area (Å²) in [6, 6.07) is 5.87. The second-order valence-corrected chi connectivity index (χ2v) is 5.54. The summed E-state index contributed by atoms with van der Waals surface area (Å²) < 4.78 is 11.4. The van der Waals surface area contributed by atoms with Gasteiger partial charge in [-0.05, 0) is 44.5 Å². The van der Waals surface area contributed by atoms with E-state index in [1.165, 1.54) is 0 Å². The quantitative estimate of drug-likeness (QED) is 0.769. The molecule has 2 N–H and O–H groups in total. The number of benzene rings is 1. The van der Waals surface area contributed by atoms with E-state index < -0.39 is 5.60 Å². The summed E-state index contributed by atoms with van der Waals surface area (Å²) in [7, 11) is 1.91. The molecule has 0 spiro atoms. The summed E-state index contributed by atoms with van der Waals surface area (Å²) in [6.45, 7) is 9.29. The highest BCUT2D eigenvalue weighted by atomic mass is 16.5. The lowest BCUT2D eigenvalue weighted by Crippen LogP contribution is -2.37. The monoisotopic (exact) mass is 281 g/mol. The molecule has 0 aromatic heterocycles. The first kappa shape index (κ1) is 16.8. The van der Waals surface area contributed by atoms with Crippen LogP contribution in [-0.2, 0) is 6.54 Å². The Morgan fingerprint density at radius 3 is 2.50 bits per heavy atom. The minimum atomic E-state index is -0.854. The Balaban J connectivity index is 2.83. The van der Waals surface area contributed by atoms with Gasteiger partial charge in [0.1, 0.15) is 6.61 Å². The molecule has 114 valence electrons. The lowest BCUT2D eigenvalue weighted by Gasteiger charge is -2.28. The van der Waals surface area contributed by atoms with Crippen LogP contribution in [0, 0.1) is 5.92 Å². The van der Waals surface area contributed by atoms with Crippen LogP contribution in [0.2, 0.25) is 0 Å². The molecule has 0 aliphatic carbocycles. The van der Waals surface area contributed by atoms with Crippen molar-refractivity contribution in [1.82, 2.24) is 5.32 Å². The molecule has 0 fully saturated rings. The Bertz CT molecular complexity index is 416. The molecule has 0 aliphatic heterocycles. The number of aliphatic hydroxyl groups is 1. The molecule has 0 saturated carbocycles. The number of rotatable bonds is 8. The Kier molecular flexibility index (Phi) is 6.30. The Morgan fingerprint density at radius 2 is 1.95 bits per heavy atom. The zero-order valence-corrected chi connectivity index (χ0v) is 13.2. The predicted molar refractivity (Wildman–Crippen MR) is 81.3 cm³/mol. The molecular weight excluding hydrogens is 254 g/mol. The molecule has 1 atom stereocenters. The molecule has 1 unspecified atom stereocenters. The van der Waals surface area contributed by atoms with Crippen molar-refractivity contribution < 1.29 is 14.6 Å². The standard InChI is InChI=1S/C16H27NO3/c1-6-19-15-9-13(10-17-5)7-8-14(15)20-11-16(4,18)12(2)3/h7-9,12,17-18H,6,10-11H2,1-5H3. The van der Waals surface area contributed by atoms with Crippen LogP contribution >= 0.6 is 0 Å². The van der Waals surface area contributed by atoms with Crippen LogP contribution in [0.3, 0.4) is 0 Å². The largest absolute Gasteiger partial charge is 0.490 e. The molecule has 0 aliphatic rings. The van der Waals surface area contributed by atoms with Crippen LogP contribution in [0.4, 0.5) is 0 Å². The topological polar surface area (TPSA) is 50.7 Å². The summed E-state index contributed by atoms with van der Waals surface area (Å²) in [6.07, 6.45) is 0. The molecule has 0 saturated heterocycles. The maximum absolute atomic E-state index is 10.2. The van der Waals surface area contributed by atoms with Gasteiger partial charge >= 0.3 is 0 Å². The third-order valence-electron chi connectivity index (χ3n) is 3.45. The molecule has 20 heavy (non-hydrogen) atoms. The van der Waals surface area contributed by atoms with Gasteiger partial charge in [0.05, 0.1) is 12.2 Å². The van der Waals surface area contributed by atoms with Crippen LogP contribution in [-0.4, -0.2) is 31.0 Å². The second kappa shape index (κ2) is 7.50. The Hall–Kier alpha value is -1.26. The molecule has 1 aromatic carbocycles. The van der Waals surface area contributed by atoms with Gasteiger partial charge in [0.25, 0.3) is 0 Å². The molecule has 0 heterocycles. The Labute approximate surface area is 122 Å². The zero-order chi connectivity index (χ0) is 15.2. The normalized spacial score (nSPS) is 14.2. The summed E-state index contributed by atoms with van der Waals surface area (Å²) in [4.78, 5) is 0. The van der Waals surface area contributed by atoms with Crippen molar-refractivity contribution in [3.63, 3.8) is 0 Å². The lowest BCUT2D eigenvalue weighted by molar-refractivity contribution is -0.0272. The molecule has 0 amide bonds. The first-order valence-electron chi connectivity index (χ1n) is 7.16. The van der Waals surface area contributed by atoms with Gasteiger partial charge < -0.3 is 19.9 Å². The zero-order valence-electron chi connectivity index (χ0n) is 13.2. The maximum atomic E-state index is 10.2. The molecular formula is C16H27NO3. The number of nitrogens with one attached hydrogen (secondary N) is 1. The van der Waals surface area contributed by atoms with Crippen LogP contribution in [0.25, 0.3) is 0 Å². The average Bonchev–Trinajstić information content (AvgIpc) is 2.38. The number of hydrogen-bond donors (Lipinski definition) is 2. The lowest BCUT2D eigenvalue weighted by atomic mass is 9.94. The van der Waals surface area contributed by atoms with Gasteiger partial charge in [0.2, 0.25) is 0 Å². The minimum Gasteiger partial charge on any atom is -0.490 e. The summed E-state index contributed by atoms with van der Waals surface area (Å²) in [5, 5.41) is 13.3. The van der Waals surface area contributed by atoms with Gasteiger partial charge in [-0.25, -0.2) is 0 Å². The third kappa shape index (κ3) is 4.69. The van der Waals surface area contributed by atoms with E-state index in [2.05, 4.69) is 5.32 Å². The minimum absolute atomic E-state index is 0.126. The Morgan fingerprint density at radius 1 is 1.25 bits per heavy atom. The predicted octanol–water partition coefficient (Wildman–Crippen LogP) is 2.59. The highest BCUT2D eigenvalue weighted by Crippen LogP contribution is 2.30. The SMILES string of the molecule is CCOc1cc(CNC)ccc1OCC(C)(O)C(C)C. The average molecular weight is 281 g/mol. The van der Waals surface area contributed by atoms with E-state index in [1.807, 2.05) is 46.0 Å². The van der Waals surface area contributed by atoms with Crippen LogP contribution in [0.5, 0.6) is 11.5 Å². The summed E-state index contributed by atoms with van der Waals surface area (Å²) in [5.41, 5.74) is 0.284. The van der Waals surface area contributed by atoms with E-state index in [0.717, 1.165) is 17.9 Å². The summed E-state index contributed by atoms with van der Waals surface area (Å²) in [5.74, 6) is 1.52. The fourth-order valence-electron chi connectivity index (χ4n) is 1.64. The molecule has 0 radical (unpaired) electrons. The molecule has 4 nitrogen and oxygen atoms in total. The van der Waals surface area contributed by atoms with Crippen molar-refractivity contribution >= 4 is 0 Å². The number of hydrogen-bond acceptors (Lipinski definition) is 4. The van der Waals surface area contributed by atoms with Crippen molar-refractivity contribution in [1.29, 1.82) is 0 Å². The van der Waals surface area contributed by atoms with Crippen molar-refractivity contribution in [2.45, 2.75) is 39.8 Å². The molecule has 1 aromatic rings. The number of ether oxygens (including phenoxy) is 2. The molecule has 1 rings (SSSR count). The smallest absolute Gasteiger partial charge is 0.161 e. The van der Waals surface area contributed by atoms with E-state index >= 15 is 0 Å². The van der Waals surface area contributed by atoms with Crippen molar-refractivity contribution in [3.05, 3.63) is 23.8 Å². The van der Waals surface area contributed by atoms with E-state index in [1.54, 1.807) is 6.92 Å². The van der Waals surface area contributed by atoms with Gasteiger partial charge in [-0.1, -0.05) is 19.9 Å². The van der Waals surface area contributed by atoms with E-state index in [0.29, 0.717) is 12.4 Å². The van der Waals surface area contributed by atoms with Crippen molar-refractivity contribution in [2.75, 3.05) is 20.3 Å². The van der Waals surface area contributed by atoms with E-state index in [-0.39, 0.29) is 12.5 Å². The van der Waals surface area contributed by atoms with Crippen molar-refractivity contribution in [2.24, 2.45) is 5.92 Å². The second-order valence-electron chi connectivity index (χ2n) is 5.54. The van der Waals surface area contributed by atoms with Crippen LogP contribution < -0.4 is 14.8 Å². The fourth-order valence-corrected chi connectivity index (χ4v) is 1.64. The highest BCUT2D eigenvalue weighted by Gasteiger charge is 2.26. The van der Waals surface area contributed by atoms with Crippen molar-refractivity contribution in [3.8, 4) is 11.5 Å². The van der Waals surface area contributed by atoms with Gasteiger partial charge in [-0.2, -0.15) is 0 Å². The van der Waals surface area contributed by atoms with E-state index in [4.69, 9.17) is 9.47 Å². The van der Waals surface area contributed by atoms with Gasteiger partial charge in [0.15, 0.2) is 11.5 Å². The molecule has 0 bridgehead atoms. The first-order valence-corrected chi connectivity index (χ1v) is 7.16. The first-order chi connectivity index (χ1) is 9.40. The van der Waals surface area contributed by atoms with Gasteiger partial charge in [0, 0.05) is 6.54 Å². The van der Waals surface area contributed by atoms with Crippen LogP contribution in [0.1, 0.15) is 33.3 Å². The molecule has 4 heteroatoms. The highest BCUT2D eigenvalue weighted by molar-refractivity contribution is 5.43. The van der Waals surface area contributed by atoms with Gasteiger partial charge in [-0.3, -0.25) is 0 Å².